The number of ketones is 1. The van der Waals surface area contributed by atoms with Crippen LogP contribution in [-0.4, -0.2) is 32.0 Å². The number of hydrogen-bond donors (Lipinski definition) is 1. The maximum Gasteiger partial charge on any atom is 0.301 e. The van der Waals surface area contributed by atoms with Gasteiger partial charge in [-0.15, -0.1) is 10.2 Å². The number of aliphatic hydroxyl groups excluding tert-OH is 1. The van der Waals surface area contributed by atoms with Crippen LogP contribution in [0.15, 0.2) is 89.0 Å². The molecule has 174 valence electrons. The number of Topliss-reactive ketones (excluding diaryl/α,β-unsaturated/α-hetero) is 1. The lowest BCUT2D eigenvalue weighted by molar-refractivity contribution is -0.132. The molecule has 2 aromatic carbocycles. The zero-order chi connectivity index (χ0) is 24.4. The minimum absolute atomic E-state index is 0.122. The fourth-order valence-electron chi connectivity index (χ4n) is 3.72. The first-order valence-corrected chi connectivity index (χ1v) is 12.3. The molecule has 35 heavy (non-hydrogen) atoms. The van der Waals surface area contributed by atoms with E-state index in [0.29, 0.717) is 15.7 Å². The quantitative estimate of drug-likeness (QED) is 0.130. The summed E-state index contributed by atoms with van der Waals surface area (Å²) >= 11 is 2.65. The highest BCUT2D eigenvalue weighted by molar-refractivity contribution is 8.00. The van der Waals surface area contributed by atoms with Gasteiger partial charge in [-0.05, 0) is 41.5 Å². The van der Waals surface area contributed by atoms with Crippen molar-refractivity contribution in [3.05, 3.63) is 107 Å². The van der Waals surface area contributed by atoms with Gasteiger partial charge in [-0.3, -0.25) is 19.5 Å². The van der Waals surface area contributed by atoms with Crippen molar-refractivity contribution in [2.75, 3.05) is 4.90 Å². The molecule has 1 unspecified atom stereocenters. The Balaban J connectivity index is 1.53. The molecule has 1 fully saturated rings. The van der Waals surface area contributed by atoms with Gasteiger partial charge in [0.05, 0.1) is 11.6 Å². The summed E-state index contributed by atoms with van der Waals surface area (Å²) < 4.78 is 14.0. The van der Waals surface area contributed by atoms with E-state index in [9.17, 15) is 19.1 Å². The highest BCUT2D eigenvalue weighted by atomic mass is 32.2. The Labute approximate surface area is 208 Å². The molecule has 1 atom stereocenters. The molecule has 1 N–H and O–H groups in total. The van der Waals surface area contributed by atoms with Crippen LogP contribution in [0.3, 0.4) is 0 Å². The standard InChI is InChI=1S/C25H17FN4O3S2/c26-18-10-8-16(9-11-18)21(31)19-20(17-7-4-12-27-13-17)30(23(33)22(19)32)24-28-29-25(35-24)34-14-15-5-2-1-3-6-15/h1-13,20,31H,14H2/b21-19+. The van der Waals surface area contributed by atoms with Crippen molar-refractivity contribution < 1.29 is 19.1 Å². The van der Waals surface area contributed by atoms with Crippen LogP contribution in [0.25, 0.3) is 5.76 Å². The SMILES string of the molecule is O=C1C(=O)N(c2nnc(SCc3ccccc3)s2)C(c2cccnc2)/C1=C(\O)c1ccc(F)cc1. The molecule has 0 saturated carbocycles. The lowest BCUT2D eigenvalue weighted by Gasteiger charge is -2.22. The summed E-state index contributed by atoms with van der Waals surface area (Å²) in [4.78, 5) is 31.6. The summed E-state index contributed by atoms with van der Waals surface area (Å²) in [5, 5.41) is 19.6. The van der Waals surface area contributed by atoms with E-state index in [4.69, 9.17) is 0 Å². The molecule has 1 aliphatic rings. The minimum atomic E-state index is -0.964. The number of thioether (sulfide) groups is 1. The number of hydrogen-bond acceptors (Lipinski definition) is 8. The van der Waals surface area contributed by atoms with E-state index in [1.165, 1.54) is 58.5 Å². The van der Waals surface area contributed by atoms with Crippen LogP contribution >= 0.6 is 23.1 Å². The van der Waals surface area contributed by atoms with Crippen LogP contribution in [0.4, 0.5) is 9.52 Å². The Kier molecular flexibility index (Phi) is 6.39. The van der Waals surface area contributed by atoms with Crippen LogP contribution in [0.5, 0.6) is 0 Å². The maximum atomic E-state index is 13.4. The predicted molar refractivity (Wildman–Crippen MR) is 131 cm³/mol. The second-order valence-corrected chi connectivity index (χ2v) is 9.77. The molecule has 3 heterocycles. The second kappa shape index (κ2) is 9.77. The second-order valence-electron chi connectivity index (χ2n) is 7.59. The van der Waals surface area contributed by atoms with Gasteiger partial charge >= 0.3 is 5.91 Å². The smallest absolute Gasteiger partial charge is 0.301 e. The van der Waals surface area contributed by atoms with E-state index in [2.05, 4.69) is 15.2 Å². The molecule has 0 bridgehead atoms. The molecule has 0 spiro atoms. The summed E-state index contributed by atoms with van der Waals surface area (Å²) in [5.41, 5.74) is 1.73. The molecule has 0 radical (unpaired) electrons. The molecule has 2 aromatic heterocycles. The molecular weight excluding hydrogens is 487 g/mol. The summed E-state index contributed by atoms with van der Waals surface area (Å²) in [5.74, 6) is -1.92. The number of halogens is 1. The lowest BCUT2D eigenvalue weighted by Crippen LogP contribution is -2.29. The number of aromatic nitrogens is 3. The molecule has 1 amide bonds. The highest BCUT2D eigenvalue weighted by Crippen LogP contribution is 2.43. The van der Waals surface area contributed by atoms with Crippen molar-refractivity contribution in [1.82, 2.24) is 15.2 Å². The summed E-state index contributed by atoms with van der Waals surface area (Å²) in [6.07, 6.45) is 3.09. The van der Waals surface area contributed by atoms with Crippen molar-refractivity contribution in [3.8, 4) is 0 Å². The molecule has 1 aliphatic heterocycles. The Morgan fingerprint density at radius 3 is 2.51 bits per heavy atom. The number of rotatable bonds is 6. The summed E-state index contributed by atoms with van der Waals surface area (Å²) in [6, 6.07) is 17.3. The van der Waals surface area contributed by atoms with Gasteiger partial charge in [0, 0.05) is 23.7 Å². The zero-order valence-electron chi connectivity index (χ0n) is 18.0. The number of benzene rings is 2. The van der Waals surface area contributed by atoms with Crippen LogP contribution in [0.2, 0.25) is 0 Å². The molecular formula is C25H17FN4O3S2. The minimum Gasteiger partial charge on any atom is -0.507 e. The lowest BCUT2D eigenvalue weighted by atomic mass is 9.96. The summed E-state index contributed by atoms with van der Waals surface area (Å²) in [7, 11) is 0. The molecule has 10 heteroatoms. The van der Waals surface area contributed by atoms with E-state index in [1.807, 2.05) is 30.3 Å². The average Bonchev–Trinajstić information content (AvgIpc) is 3.46. The van der Waals surface area contributed by atoms with Gasteiger partial charge in [0.2, 0.25) is 5.13 Å². The number of aliphatic hydroxyl groups is 1. The van der Waals surface area contributed by atoms with Crippen LogP contribution in [0, 0.1) is 5.82 Å². The first kappa shape index (κ1) is 22.9. The Bertz CT molecular complexity index is 1410. The Morgan fingerprint density at radius 1 is 1.03 bits per heavy atom. The summed E-state index contributed by atoms with van der Waals surface area (Å²) in [6.45, 7) is 0. The van der Waals surface area contributed by atoms with Gasteiger partial charge in [0.15, 0.2) is 4.34 Å². The van der Waals surface area contributed by atoms with Gasteiger partial charge in [-0.25, -0.2) is 4.39 Å². The molecule has 4 aromatic rings. The Hall–Kier alpha value is -3.89. The van der Waals surface area contributed by atoms with Crippen molar-refractivity contribution >= 4 is 45.7 Å². The third-order valence-electron chi connectivity index (χ3n) is 5.37. The third kappa shape index (κ3) is 4.58. The number of carbonyl (C=O) groups excluding carboxylic acids is 2. The van der Waals surface area contributed by atoms with E-state index in [1.54, 1.807) is 18.3 Å². The van der Waals surface area contributed by atoms with Gasteiger partial charge < -0.3 is 5.11 Å². The highest BCUT2D eigenvalue weighted by Gasteiger charge is 2.48. The number of anilines is 1. The largest absolute Gasteiger partial charge is 0.507 e. The number of amides is 1. The van der Waals surface area contributed by atoms with E-state index < -0.39 is 29.3 Å². The van der Waals surface area contributed by atoms with Crippen molar-refractivity contribution in [2.45, 2.75) is 16.1 Å². The van der Waals surface area contributed by atoms with E-state index in [-0.39, 0.29) is 16.3 Å². The molecule has 7 nitrogen and oxygen atoms in total. The van der Waals surface area contributed by atoms with Gasteiger partial charge in [0.1, 0.15) is 11.6 Å². The predicted octanol–water partition coefficient (Wildman–Crippen LogP) is 4.99. The van der Waals surface area contributed by atoms with Crippen LogP contribution in [-0.2, 0) is 15.3 Å². The van der Waals surface area contributed by atoms with Gasteiger partial charge in [0.25, 0.3) is 5.78 Å². The molecule has 5 rings (SSSR count). The fourth-order valence-corrected chi connectivity index (χ4v) is 5.55. The van der Waals surface area contributed by atoms with Crippen molar-refractivity contribution in [3.63, 3.8) is 0 Å². The van der Waals surface area contributed by atoms with Crippen molar-refractivity contribution in [2.24, 2.45) is 0 Å². The molecule has 1 saturated heterocycles. The first-order chi connectivity index (χ1) is 17.0. The number of carbonyl (C=O) groups is 2. The Morgan fingerprint density at radius 2 is 1.80 bits per heavy atom. The topological polar surface area (TPSA) is 96.3 Å². The zero-order valence-corrected chi connectivity index (χ0v) is 19.7. The van der Waals surface area contributed by atoms with Crippen molar-refractivity contribution in [1.29, 1.82) is 0 Å². The fraction of sp³-hybridized carbons (Fsp3) is 0.0800. The van der Waals surface area contributed by atoms with E-state index >= 15 is 0 Å². The first-order valence-electron chi connectivity index (χ1n) is 10.5. The number of pyridine rings is 1. The van der Waals surface area contributed by atoms with E-state index in [0.717, 1.165) is 5.56 Å². The number of nitrogens with zero attached hydrogens (tertiary/aromatic N) is 4. The van der Waals surface area contributed by atoms with Gasteiger partial charge in [-0.2, -0.15) is 0 Å². The monoisotopic (exact) mass is 504 g/mol. The maximum absolute atomic E-state index is 13.4. The van der Waals surface area contributed by atoms with Gasteiger partial charge in [-0.1, -0.05) is 59.5 Å². The third-order valence-corrected chi connectivity index (χ3v) is 7.50. The van der Waals surface area contributed by atoms with Crippen LogP contribution < -0.4 is 4.90 Å². The van der Waals surface area contributed by atoms with Crippen LogP contribution in [0.1, 0.15) is 22.7 Å². The average molecular weight is 505 g/mol. The normalized spacial score (nSPS) is 17.2. The molecule has 0 aliphatic carbocycles.